The summed E-state index contributed by atoms with van der Waals surface area (Å²) in [5.41, 5.74) is 6.07. The van der Waals surface area contributed by atoms with Gasteiger partial charge in [-0.2, -0.15) is 0 Å². The molecule has 1 aliphatic rings. The second-order valence-electron chi connectivity index (χ2n) is 3.87. The molecule has 0 aromatic heterocycles. The van der Waals surface area contributed by atoms with Crippen LogP contribution in [0.1, 0.15) is 6.42 Å². The van der Waals surface area contributed by atoms with E-state index in [9.17, 15) is 8.42 Å². The van der Waals surface area contributed by atoms with E-state index < -0.39 is 10.0 Å². The van der Waals surface area contributed by atoms with Crippen molar-refractivity contribution in [3.8, 4) is 0 Å². The number of benzene rings is 1. The molecule has 0 unspecified atom stereocenters. The van der Waals surface area contributed by atoms with E-state index in [4.69, 9.17) is 5.73 Å². The number of nitrogens with one attached hydrogen (secondary N) is 1. The van der Waals surface area contributed by atoms with Crippen molar-refractivity contribution in [2.24, 2.45) is 0 Å². The van der Waals surface area contributed by atoms with E-state index in [1.165, 1.54) is 12.1 Å². The van der Waals surface area contributed by atoms with Crippen molar-refractivity contribution < 1.29 is 8.42 Å². The average Bonchev–Trinajstić information content (AvgIpc) is 2.30. The Morgan fingerprint density at radius 3 is 2.47 bits per heavy atom. The van der Waals surface area contributed by atoms with Crippen LogP contribution in [0.3, 0.4) is 0 Å². The number of rotatable bonds is 3. The molecule has 6 heteroatoms. The number of anilines is 1. The number of hydrazine groups is 1. The molecule has 0 amide bonds. The fraction of sp³-hybridized carbons (Fsp3) is 0.273. The van der Waals surface area contributed by atoms with Gasteiger partial charge in [-0.25, -0.2) is 13.4 Å². The average molecular weight is 253 g/mol. The first-order chi connectivity index (χ1) is 8.08. The lowest BCUT2D eigenvalue weighted by molar-refractivity contribution is 0.263. The Kier molecular flexibility index (Phi) is 3.46. The summed E-state index contributed by atoms with van der Waals surface area (Å²) in [4.78, 5) is 2.77. The zero-order chi connectivity index (χ0) is 12.3. The van der Waals surface area contributed by atoms with E-state index in [2.05, 4.69) is 4.83 Å². The Morgan fingerprint density at radius 1 is 1.18 bits per heavy atom. The molecule has 0 bridgehead atoms. The zero-order valence-corrected chi connectivity index (χ0v) is 10.2. The lowest BCUT2D eigenvalue weighted by Gasteiger charge is -2.23. The molecule has 1 aliphatic heterocycles. The highest BCUT2D eigenvalue weighted by Crippen LogP contribution is 2.12. The highest BCUT2D eigenvalue weighted by atomic mass is 32.2. The van der Waals surface area contributed by atoms with Crippen molar-refractivity contribution in [3.63, 3.8) is 0 Å². The van der Waals surface area contributed by atoms with E-state index in [1.54, 1.807) is 17.1 Å². The summed E-state index contributed by atoms with van der Waals surface area (Å²) in [5, 5.41) is 1.67. The molecule has 0 saturated heterocycles. The van der Waals surface area contributed by atoms with E-state index in [-0.39, 0.29) is 4.90 Å². The van der Waals surface area contributed by atoms with Gasteiger partial charge in [-0.05, 0) is 30.7 Å². The van der Waals surface area contributed by atoms with Crippen molar-refractivity contribution in [2.45, 2.75) is 11.3 Å². The fourth-order valence-corrected chi connectivity index (χ4v) is 2.70. The second kappa shape index (κ2) is 4.87. The van der Waals surface area contributed by atoms with Crippen LogP contribution in [0.4, 0.5) is 5.69 Å². The molecule has 0 atom stereocenters. The molecule has 0 aliphatic carbocycles. The SMILES string of the molecule is Nc1ccc(S(=O)(=O)NN2CC=CCC2)cc1. The number of nitrogen functional groups attached to an aromatic ring is 1. The van der Waals surface area contributed by atoms with Crippen molar-refractivity contribution >= 4 is 15.7 Å². The van der Waals surface area contributed by atoms with Crippen LogP contribution in [0.25, 0.3) is 0 Å². The quantitative estimate of drug-likeness (QED) is 0.615. The van der Waals surface area contributed by atoms with Gasteiger partial charge in [-0.1, -0.05) is 12.2 Å². The summed E-state index contributed by atoms with van der Waals surface area (Å²) in [5.74, 6) is 0. The van der Waals surface area contributed by atoms with Crippen LogP contribution in [0.5, 0.6) is 0 Å². The van der Waals surface area contributed by atoms with E-state index in [0.29, 0.717) is 18.8 Å². The first-order valence-corrected chi connectivity index (χ1v) is 6.84. The van der Waals surface area contributed by atoms with Gasteiger partial charge in [0.1, 0.15) is 0 Å². The van der Waals surface area contributed by atoms with Gasteiger partial charge in [0.2, 0.25) is 0 Å². The van der Waals surface area contributed by atoms with Gasteiger partial charge in [-0.15, -0.1) is 4.83 Å². The maximum Gasteiger partial charge on any atom is 0.253 e. The fourth-order valence-electron chi connectivity index (χ4n) is 1.59. The summed E-state index contributed by atoms with van der Waals surface area (Å²) >= 11 is 0. The van der Waals surface area contributed by atoms with Gasteiger partial charge in [-0.3, -0.25) is 0 Å². The lowest BCUT2D eigenvalue weighted by Crippen LogP contribution is -2.43. The zero-order valence-electron chi connectivity index (χ0n) is 9.33. The highest BCUT2D eigenvalue weighted by Gasteiger charge is 2.18. The van der Waals surface area contributed by atoms with Crippen LogP contribution in [0.15, 0.2) is 41.3 Å². The predicted molar refractivity (Wildman–Crippen MR) is 66.5 cm³/mol. The van der Waals surface area contributed by atoms with Crippen LogP contribution in [0.2, 0.25) is 0 Å². The number of hydrogen-bond acceptors (Lipinski definition) is 4. The highest BCUT2D eigenvalue weighted by molar-refractivity contribution is 7.89. The Balaban J connectivity index is 2.13. The molecule has 5 nitrogen and oxygen atoms in total. The smallest absolute Gasteiger partial charge is 0.253 e. The maximum atomic E-state index is 12.0. The van der Waals surface area contributed by atoms with Gasteiger partial charge in [0.15, 0.2) is 0 Å². The second-order valence-corrected chi connectivity index (χ2v) is 5.53. The van der Waals surface area contributed by atoms with E-state index in [1.807, 2.05) is 12.2 Å². The molecule has 92 valence electrons. The van der Waals surface area contributed by atoms with E-state index in [0.717, 1.165) is 6.42 Å². The van der Waals surface area contributed by atoms with Crippen molar-refractivity contribution in [2.75, 3.05) is 18.8 Å². The van der Waals surface area contributed by atoms with Crippen LogP contribution >= 0.6 is 0 Å². The van der Waals surface area contributed by atoms with Crippen molar-refractivity contribution in [1.29, 1.82) is 0 Å². The largest absolute Gasteiger partial charge is 0.399 e. The molecule has 2 rings (SSSR count). The standard InChI is InChI=1S/C11H15N3O2S/c12-10-4-6-11(7-5-10)17(15,16)13-14-8-2-1-3-9-14/h1-2,4-7,13H,3,8-9,12H2. The van der Waals surface area contributed by atoms with Crippen LogP contribution < -0.4 is 10.6 Å². The number of nitrogens with two attached hydrogens (primary N) is 1. The van der Waals surface area contributed by atoms with Crippen molar-refractivity contribution in [1.82, 2.24) is 9.84 Å². The number of nitrogens with zero attached hydrogens (tertiary/aromatic N) is 1. The summed E-state index contributed by atoms with van der Waals surface area (Å²) in [7, 11) is -3.49. The third-order valence-electron chi connectivity index (χ3n) is 2.50. The minimum absolute atomic E-state index is 0.223. The molecule has 1 aromatic carbocycles. The third kappa shape index (κ3) is 3.06. The van der Waals surface area contributed by atoms with Gasteiger partial charge in [0.25, 0.3) is 10.0 Å². The Hall–Kier alpha value is -1.37. The molecular formula is C11H15N3O2S. The first-order valence-electron chi connectivity index (χ1n) is 5.36. The Bertz CT molecular complexity index is 508. The summed E-state index contributed by atoms with van der Waals surface area (Å²) in [6.07, 6.45) is 4.83. The summed E-state index contributed by atoms with van der Waals surface area (Å²) in [6.45, 7) is 1.28. The minimum Gasteiger partial charge on any atom is -0.399 e. The number of hydrogen-bond donors (Lipinski definition) is 2. The molecular weight excluding hydrogens is 238 g/mol. The topological polar surface area (TPSA) is 75.4 Å². The van der Waals surface area contributed by atoms with Gasteiger partial charge < -0.3 is 5.73 Å². The third-order valence-corrected chi connectivity index (χ3v) is 3.89. The number of sulfonamides is 1. The lowest BCUT2D eigenvalue weighted by atomic mass is 10.3. The molecule has 0 saturated carbocycles. The Labute approximate surface area is 101 Å². The molecule has 0 radical (unpaired) electrons. The van der Waals surface area contributed by atoms with Gasteiger partial charge >= 0.3 is 0 Å². The van der Waals surface area contributed by atoms with E-state index >= 15 is 0 Å². The Morgan fingerprint density at radius 2 is 1.88 bits per heavy atom. The normalized spacial score (nSPS) is 17.2. The predicted octanol–water partition coefficient (Wildman–Crippen LogP) is 0.724. The molecule has 1 aromatic rings. The maximum absolute atomic E-state index is 12.0. The molecule has 17 heavy (non-hydrogen) atoms. The summed E-state index contributed by atoms with van der Waals surface area (Å²) < 4.78 is 24.0. The monoisotopic (exact) mass is 253 g/mol. The van der Waals surface area contributed by atoms with Crippen LogP contribution in [-0.4, -0.2) is 26.5 Å². The minimum atomic E-state index is -3.49. The van der Waals surface area contributed by atoms with Crippen molar-refractivity contribution in [3.05, 3.63) is 36.4 Å². The van der Waals surface area contributed by atoms with Gasteiger partial charge in [0, 0.05) is 18.8 Å². The van der Waals surface area contributed by atoms with Crippen LogP contribution in [-0.2, 0) is 10.0 Å². The molecule has 3 N–H and O–H groups in total. The van der Waals surface area contributed by atoms with Gasteiger partial charge in [0.05, 0.1) is 4.90 Å². The molecule has 0 fully saturated rings. The molecule has 0 spiro atoms. The first kappa shape index (κ1) is 12.1. The molecule has 1 heterocycles. The summed E-state index contributed by atoms with van der Waals surface area (Å²) in [6, 6.07) is 6.14. The van der Waals surface area contributed by atoms with Crippen LogP contribution in [0, 0.1) is 0 Å².